The van der Waals surface area contributed by atoms with E-state index < -0.39 is 10.0 Å². The number of aromatic nitrogens is 2. The van der Waals surface area contributed by atoms with E-state index in [4.69, 9.17) is 4.52 Å². The summed E-state index contributed by atoms with van der Waals surface area (Å²) in [6.45, 7) is 3.82. The quantitative estimate of drug-likeness (QED) is 0.723. The predicted octanol–water partition coefficient (Wildman–Crippen LogP) is 2.84. The van der Waals surface area contributed by atoms with Crippen LogP contribution < -0.4 is 10.0 Å². The zero-order valence-electron chi connectivity index (χ0n) is 15.9. The van der Waals surface area contributed by atoms with Crippen LogP contribution in [0.25, 0.3) is 11.5 Å². The van der Waals surface area contributed by atoms with Crippen LogP contribution in [0.4, 0.5) is 0 Å². The third kappa shape index (κ3) is 5.28. The number of rotatable bonds is 7. The molecule has 0 radical (unpaired) electrons. The van der Waals surface area contributed by atoms with Gasteiger partial charge in [-0.2, -0.15) is 4.98 Å². The zero-order chi connectivity index (χ0) is 18.7. The number of nitrogens with one attached hydrogen (secondary N) is 2. The monoisotopic (exact) mass is 414 g/mol. The number of benzene rings is 1. The number of nitrogens with zero attached hydrogens (tertiary/aromatic N) is 2. The van der Waals surface area contributed by atoms with Crippen molar-refractivity contribution in [2.45, 2.75) is 62.9 Å². The van der Waals surface area contributed by atoms with Crippen LogP contribution >= 0.6 is 12.4 Å². The molecule has 1 aliphatic rings. The maximum absolute atomic E-state index is 12.8. The highest BCUT2D eigenvalue weighted by Gasteiger charge is 2.25. The number of aryl methyl sites for hydroxylation is 1. The molecule has 3 rings (SSSR count). The molecule has 1 saturated carbocycles. The molecule has 1 aliphatic carbocycles. The molecule has 1 heterocycles. The Morgan fingerprint density at radius 3 is 2.67 bits per heavy atom. The van der Waals surface area contributed by atoms with Crippen molar-refractivity contribution >= 4 is 22.4 Å². The Balaban J connectivity index is 0.00000261. The number of sulfonamides is 1. The molecule has 27 heavy (non-hydrogen) atoms. The number of halogens is 1. The zero-order valence-corrected chi connectivity index (χ0v) is 17.5. The molecule has 1 unspecified atom stereocenters. The van der Waals surface area contributed by atoms with Gasteiger partial charge in [0.15, 0.2) is 5.82 Å². The topological polar surface area (TPSA) is 97.1 Å². The third-order valence-corrected chi connectivity index (χ3v) is 6.51. The minimum Gasteiger partial charge on any atom is -0.334 e. The molecule has 150 valence electrons. The van der Waals surface area contributed by atoms with Crippen molar-refractivity contribution in [3.8, 4) is 11.5 Å². The van der Waals surface area contributed by atoms with Gasteiger partial charge >= 0.3 is 0 Å². The average molecular weight is 415 g/mol. The minimum atomic E-state index is -3.57. The van der Waals surface area contributed by atoms with Crippen molar-refractivity contribution in [2.75, 3.05) is 7.05 Å². The fourth-order valence-corrected chi connectivity index (χ4v) is 4.75. The van der Waals surface area contributed by atoms with Gasteiger partial charge < -0.3 is 9.84 Å². The first-order chi connectivity index (χ1) is 12.4. The molecule has 1 atom stereocenters. The average Bonchev–Trinajstić information content (AvgIpc) is 3.26. The first-order valence-electron chi connectivity index (χ1n) is 9.02. The summed E-state index contributed by atoms with van der Waals surface area (Å²) in [5, 5.41) is 7.11. The highest BCUT2D eigenvalue weighted by Crippen LogP contribution is 2.26. The van der Waals surface area contributed by atoms with Gasteiger partial charge in [-0.15, -0.1) is 12.4 Å². The lowest BCUT2D eigenvalue weighted by Crippen LogP contribution is -2.33. The Morgan fingerprint density at radius 2 is 2.00 bits per heavy atom. The second-order valence-corrected chi connectivity index (χ2v) is 8.67. The SMILES string of the molecule is CNC(C)Cc1noc(-c2ccc(C)c(S(=O)(=O)NC3CCCC3)c2)n1.Cl. The molecule has 0 saturated heterocycles. The summed E-state index contributed by atoms with van der Waals surface area (Å²) in [6, 6.07) is 5.46. The molecular weight excluding hydrogens is 388 g/mol. The lowest BCUT2D eigenvalue weighted by Gasteiger charge is -2.14. The minimum absolute atomic E-state index is 0. The van der Waals surface area contributed by atoms with Gasteiger partial charge in [0, 0.05) is 24.1 Å². The number of likely N-dealkylation sites (N-methyl/N-ethyl adjacent to an activating group) is 1. The van der Waals surface area contributed by atoms with E-state index in [2.05, 4.69) is 20.2 Å². The molecule has 2 N–H and O–H groups in total. The summed E-state index contributed by atoms with van der Waals surface area (Å²) in [5.41, 5.74) is 1.31. The maximum Gasteiger partial charge on any atom is 0.257 e. The van der Waals surface area contributed by atoms with Crippen LogP contribution in [0, 0.1) is 6.92 Å². The van der Waals surface area contributed by atoms with Gasteiger partial charge in [-0.1, -0.05) is 24.1 Å². The largest absolute Gasteiger partial charge is 0.334 e. The van der Waals surface area contributed by atoms with Gasteiger partial charge in [0.25, 0.3) is 5.89 Å². The standard InChI is InChI=1S/C18H26N4O3S.ClH/c1-12-8-9-14(18-20-17(21-25-18)10-13(2)19-3)11-16(12)26(23,24)22-15-6-4-5-7-15;/h8-9,11,13,15,19,22H,4-7,10H2,1-3H3;1H. The smallest absolute Gasteiger partial charge is 0.257 e. The lowest BCUT2D eigenvalue weighted by atomic mass is 10.1. The van der Waals surface area contributed by atoms with E-state index in [-0.39, 0.29) is 29.4 Å². The van der Waals surface area contributed by atoms with Crippen LogP contribution in [0.1, 0.15) is 44.0 Å². The van der Waals surface area contributed by atoms with E-state index in [9.17, 15) is 8.42 Å². The number of hydrogen-bond donors (Lipinski definition) is 2. The van der Waals surface area contributed by atoms with Crippen molar-refractivity contribution in [3.05, 3.63) is 29.6 Å². The third-order valence-electron chi connectivity index (χ3n) is 4.85. The molecule has 1 fully saturated rings. The van der Waals surface area contributed by atoms with Crippen LogP contribution in [0.2, 0.25) is 0 Å². The van der Waals surface area contributed by atoms with Gasteiger partial charge in [0.1, 0.15) is 0 Å². The van der Waals surface area contributed by atoms with Gasteiger partial charge in [-0.3, -0.25) is 0 Å². The molecule has 1 aromatic carbocycles. The van der Waals surface area contributed by atoms with E-state index in [0.29, 0.717) is 29.3 Å². The predicted molar refractivity (Wildman–Crippen MR) is 107 cm³/mol. The van der Waals surface area contributed by atoms with Crippen molar-refractivity contribution in [1.29, 1.82) is 0 Å². The van der Waals surface area contributed by atoms with Crippen molar-refractivity contribution in [3.63, 3.8) is 0 Å². The van der Waals surface area contributed by atoms with Gasteiger partial charge in [0.05, 0.1) is 4.90 Å². The van der Waals surface area contributed by atoms with Crippen LogP contribution in [0.15, 0.2) is 27.6 Å². The normalized spacial score (nSPS) is 16.3. The second kappa shape index (κ2) is 9.14. The summed E-state index contributed by atoms with van der Waals surface area (Å²) in [7, 11) is -1.70. The Hall–Kier alpha value is -1.48. The van der Waals surface area contributed by atoms with Gasteiger partial charge in [-0.05, 0) is 51.4 Å². The summed E-state index contributed by atoms with van der Waals surface area (Å²) < 4.78 is 33.8. The summed E-state index contributed by atoms with van der Waals surface area (Å²) >= 11 is 0. The van der Waals surface area contributed by atoms with Crippen LogP contribution in [-0.4, -0.2) is 37.7 Å². The first kappa shape index (κ1) is 21.8. The lowest BCUT2D eigenvalue weighted by molar-refractivity contribution is 0.418. The molecule has 0 spiro atoms. The molecule has 7 nitrogen and oxygen atoms in total. The molecule has 0 amide bonds. The van der Waals surface area contributed by atoms with E-state index in [1.165, 1.54) is 0 Å². The summed E-state index contributed by atoms with van der Waals surface area (Å²) in [6.07, 6.45) is 4.58. The fraction of sp³-hybridized carbons (Fsp3) is 0.556. The number of hydrogen-bond acceptors (Lipinski definition) is 6. The van der Waals surface area contributed by atoms with Crippen LogP contribution in [0.5, 0.6) is 0 Å². The maximum atomic E-state index is 12.8. The first-order valence-corrected chi connectivity index (χ1v) is 10.5. The van der Waals surface area contributed by atoms with Crippen molar-refractivity contribution in [1.82, 2.24) is 20.2 Å². The molecule has 9 heteroatoms. The van der Waals surface area contributed by atoms with Crippen molar-refractivity contribution < 1.29 is 12.9 Å². The van der Waals surface area contributed by atoms with Gasteiger partial charge in [-0.25, -0.2) is 13.1 Å². The Morgan fingerprint density at radius 1 is 1.30 bits per heavy atom. The van der Waals surface area contributed by atoms with Crippen LogP contribution in [0.3, 0.4) is 0 Å². The van der Waals surface area contributed by atoms with Crippen LogP contribution in [-0.2, 0) is 16.4 Å². The fourth-order valence-electron chi connectivity index (χ4n) is 3.18. The molecule has 1 aromatic heterocycles. The molecule has 0 bridgehead atoms. The Kier molecular flexibility index (Phi) is 7.39. The summed E-state index contributed by atoms with van der Waals surface area (Å²) in [5.74, 6) is 0.927. The van der Waals surface area contributed by atoms with E-state index in [1.807, 2.05) is 20.0 Å². The Labute approximate surface area is 166 Å². The van der Waals surface area contributed by atoms with Crippen molar-refractivity contribution in [2.24, 2.45) is 0 Å². The second-order valence-electron chi connectivity index (χ2n) is 6.99. The molecular formula is C18H27ClN4O3S. The van der Waals surface area contributed by atoms with E-state index >= 15 is 0 Å². The highest BCUT2D eigenvalue weighted by molar-refractivity contribution is 7.89. The Bertz CT molecular complexity index is 863. The molecule has 2 aromatic rings. The van der Waals surface area contributed by atoms with E-state index in [1.54, 1.807) is 19.1 Å². The highest BCUT2D eigenvalue weighted by atomic mass is 35.5. The summed E-state index contributed by atoms with van der Waals surface area (Å²) in [4.78, 5) is 4.66. The molecule has 0 aliphatic heterocycles. The van der Waals surface area contributed by atoms with E-state index in [0.717, 1.165) is 25.7 Å². The van der Waals surface area contributed by atoms with Gasteiger partial charge in [0.2, 0.25) is 10.0 Å².